The smallest absolute Gasteiger partial charge is 0.307 e. The fraction of sp³-hybridized carbons (Fsp3) is 0.357. The van der Waals surface area contributed by atoms with E-state index >= 15 is 0 Å². The number of nitrogens with one attached hydrogen (secondary N) is 2. The molecule has 0 unspecified atom stereocenters. The Morgan fingerprint density at radius 1 is 1.39 bits per heavy atom. The van der Waals surface area contributed by atoms with Crippen LogP contribution in [0.4, 0.5) is 11.5 Å². The summed E-state index contributed by atoms with van der Waals surface area (Å²) in [6.45, 7) is 3.42. The Hall–Kier alpha value is -2.97. The Balaban J connectivity index is 1.87. The van der Waals surface area contributed by atoms with Gasteiger partial charge in [-0.1, -0.05) is 13.8 Å². The number of nitrogens with zero attached hydrogens (tertiary/aromatic N) is 2. The van der Waals surface area contributed by atoms with E-state index < -0.39 is 34.1 Å². The predicted molar refractivity (Wildman–Crippen MR) is 79.8 cm³/mol. The molecular weight excluding hydrogens is 304 g/mol. The van der Waals surface area contributed by atoms with Crippen molar-refractivity contribution in [2.75, 3.05) is 5.32 Å². The van der Waals surface area contributed by atoms with Crippen LogP contribution in [0, 0.1) is 27.4 Å². The van der Waals surface area contributed by atoms with Crippen molar-refractivity contribution in [2.45, 2.75) is 13.8 Å². The topological polar surface area (TPSA) is 138 Å². The van der Waals surface area contributed by atoms with E-state index in [-0.39, 0.29) is 11.5 Å². The van der Waals surface area contributed by atoms with Gasteiger partial charge in [-0.25, -0.2) is 0 Å². The lowest BCUT2D eigenvalue weighted by atomic mass is 10.1. The van der Waals surface area contributed by atoms with E-state index in [0.717, 1.165) is 0 Å². The van der Waals surface area contributed by atoms with Gasteiger partial charge in [-0.2, -0.15) is 5.10 Å². The van der Waals surface area contributed by atoms with Gasteiger partial charge in [-0.15, -0.1) is 0 Å². The maximum absolute atomic E-state index is 12.3. The fourth-order valence-electron chi connectivity index (χ4n) is 2.99. The molecule has 2 aromatic rings. The zero-order valence-corrected chi connectivity index (χ0v) is 12.4. The highest BCUT2D eigenvalue weighted by Crippen LogP contribution is 2.58. The number of carbonyl (C=O) groups excluding carboxylic acids is 1. The summed E-state index contributed by atoms with van der Waals surface area (Å²) >= 11 is 0. The molecule has 3 rings (SSSR count). The van der Waals surface area contributed by atoms with Gasteiger partial charge in [0.15, 0.2) is 5.82 Å². The Morgan fingerprint density at radius 3 is 2.65 bits per heavy atom. The first kappa shape index (κ1) is 14.9. The van der Waals surface area contributed by atoms with Crippen molar-refractivity contribution in [3.8, 4) is 0 Å². The van der Waals surface area contributed by atoms with Crippen molar-refractivity contribution in [3.05, 3.63) is 28.3 Å². The Labute approximate surface area is 129 Å². The molecular formula is C14H14N4O5. The quantitative estimate of drug-likeness (QED) is 0.580. The summed E-state index contributed by atoms with van der Waals surface area (Å²) < 4.78 is 0. The van der Waals surface area contributed by atoms with Gasteiger partial charge in [0, 0.05) is 12.1 Å². The number of aliphatic carboxylic acids is 1. The molecule has 3 N–H and O–H groups in total. The Kier molecular flexibility index (Phi) is 3.10. The van der Waals surface area contributed by atoms with Crippen LogP contribution >= 0.6 is 0 Å². The molecule has 0 spiro atoms. The van der Waals surface area contributed by atoms with Gasteiger partial charge in [0.25, 0.3) is 5.69 Å². The molecule has 9 nitrogen and oxygen atoms in total. The molecule has 0 aliphatic heterocycles. The molecule has 0 radical (unpaired) electrons. The van der Waals surface area contributed by atoms with Crippen molar-refractivity contribution in [1.29, 1.82) is 0 Å². The van der Waals surface area contributed by atoms with Gasteiger partial charge in [-0.3, -0.25) is 24.8 Å². The van der Waals surface area contributed by atoms with E-state index in [1.165, 1.54) is 18.2 Å². The number of carbonyl (C=O) groups is 2. The van der Waals surface area contributed by atoms with E-state index in [9.17, 15) is 19.7 Å². The third kappa shape index (κ3) is 2.30. The lowest BCUT2D eigenvalue weighted by molar-refractivity contribution is -0.384. The average molecular weight is 318 g/mol. The average Bonchev–Trinajstić information content (AvgIpc) is 2.85. The molecule has 1 aromatic heterocycles. The summed E-state index contributed by atoms with van der Waals surface area (Å²) in [5.41, 5.74) is -0.214. The second-order valence-electron chi connectivity index (χ2n) is 6.16. The monoisotopic (exact) mass is 318 g/mol. The second kappa shape index (κ2) is 4.77. The SMILES string of the molecule is CC1(C)[C@H](C(=O)O)[C@@H]1C(=O)Nc1n[nH]c2ccc([N+](=O)[O-])cc12. The molecule has 9 heteroatoms. The molecule has 1 amide bonds. The molecule has 0 saturated heterocycles. The van der Waals surface area contributed by atoms with Crippen molar-refractivity contribution < 1.29 is 19.6 Å². The lowest BCUT2D eigenvalue weighted by Crippen LogP contribution is -2.18. The van der Waals surface area contributed by atoms with E-state index in [1.807, 2.05) is 0 Å². The van der Waals surface area contributed by atoms with Crippen LogP contribution in [-0.2, 0) is 9.59 Å². The zero-order valence-electron chi connectivity index (χ0n) is 12.4. The highest BCUT2D eigenvalue weighted by atomic mass is 16.6. The summed E-state index contributed by atoms with van der Waals surface area (Å²) in [4.78, 5) is 33.8. The molecule has 2 atom stereocenters. The largest absolute Gasteiger partial charge is 0.481 e. The summed E-state index contributed by atoms with van der Waals surface area (Å²) in [5.74, 6) is -2.73. The van der Waals surface area contributed by atoms with Crippen molar-refractivity contribution in [1.82, 2.24) is 10.2 Å². The third-order valence-electron chi connectivity index (χ3n) is 4.37. The Morgan fingerprint density at radius 2 is 2.09 bits per heavy atom. The highest BCUT2D eigenvalue weighted by Gasteiger charge is 2.66. The number of hydrogen-bond acceptors (Lipinski definition) is 5. The number of fused-ring (bicyclic) bond motifs is 1. The summed E-state index contributed by atoms with van der Waals surface area (Å²) in [6, 6.07) is 4.13. The number of hydrogen-bond donors (Lipinski definition) is 3. The predicted octanol–water partition coefficient (Wildman–Crippen LogP) is 1.77. The van der Waals surface area contributed by atoms with Crippen LogP contribution in [0.25, 0.3) is 10.9 Å². The molecule has 1 saturated carbocycles. The minimum atomic E-state index is -1.02. The molecule has 0 bridgehead atoms. The minimum Gasteiger partial charge on any atom is -0.481 e. The molecule has 23 heavy (non-hydrogen) atoms. The van der Waals surface area contributed by atoms with E-state index in [2.05, 4.69) is 15.5 Å². The normalized spacial score (nSPS) is 21.8. The zero-order chi connectivity index (χ0) is 16.9. The fourth-order valence-corrected chi connectivity index (χ4v) is 2.99. The number of non-ortho nitro benzene ring substituents is 1. The summed E-state index contributed by atoms with van der Waals surface area (Å²) in [5, 5.41) is 29.5. The number of amides is 1. The standard InChI is InChI=1S/C14H14N4O5/c1-14(2)9(10(14)13(20)21)12(19)15-11-7-5-6(18(22)23)3-4-8(7)16-17-11/h3-5,9-10H,1-2H3,(H,20,21)(H2,15,16,17,19)/t9-,10+/m1/s1. The number of rotatable bonds is 4. The Bertz CT molecular complexity index is 841. The van der Waals surface area contributed by atoms with Gasteiger partial charge in [0.2, 0.25) is 5.91 Å². The van der Waals surface area contributed by atoms with Crippen molar-refractivity contribution in [2.24, 2.45) is 17.3 Å². The van der Waals surface area contributed by atoms with Gasteiger partial charge in [0.05, 0.1) is 27.7 Å². The van der Waals surface area contributed by atoms with Crippen molar-refractivity contribution >= 4 is 34.3 Å². The van der Waals surface area contributed by atoms with Crippen LogP contribution < -0.4 is 5.32 Å². The maximum atomic E-state index is 12.3. The van der Waals surface area contributed by atoms with E-state index in [4.69, 9.17) is 5.11 Å². The lowest BCUT2D eigenvalue weighted by Gasteiger charge is -2.03. The number of carboxylic acid groups (broad SMARTS) is 1. The van der Waals surface area contributed by atoms with Crippen LogP contribution in [0.3, 0.4) is 0 Å². The number of benzene rings is 1. The number of carboxylic acids is 1. The third-order valence-corrected chi connectivity index (χ3v) is 4.37. The summed E-state index contributed by atoms with van der Waals surface area (Å²) in [6.07, 6.45) is 0. The first-order valence-electron chi connectivity index (χ1n) is 6.89. The van der Waals surface area contributed by atoms with Gasteiger partial charge in [0.1, 0.15) is 0 Å². The van der Waals surface area contributed by atoms with Crippen LogP contribution in [0.2, 0.25) is 0 Å². The number of aromatic nitrogens is 2. The maximum Gasteiger partial charge on any atom is 0.307 e. The molecule has 1 heterocycles. The van der Waals surface area contributed by atoms with Crippen LogP contribution in [0.5, 0.6) is 0 Å². The molecule has 120 valence electrons. The summed E-state index contributed by atoms with van der Waals surface area (Å²) in [7, 11) is 0. The molecule has 1 aromatic carbocycles. The minimum absolute atomic E-state index is 0.121. The van der Waals surface area contributed by atoms with Crippen LogP contribution in [0.1, 0.15) is 13.8 Å². The van der Waals surface area contributed by atoms with Crippen molar-refractivity contribution in [3.63, 3.8) is 0 Å². The second-order valence-corrected chi connectivity index (χ2v) is 6.16. The number of H-pyrrole nitrogens is 1. The first-order chi connectivity index (χ1) is 10.7. The van der Waals surface area contributed by atoms with E-state index in [1.54, 1.807) is 13.8 Å². The number of nitro benzene ring substituents is 1. The van der Waals surface area contributed by atoms with Crippen LogP contribution in [0.15, 0.2) is 18.2 Å². The molecule has 1 aliphatic rings. The molecule has 1 aliphatic carbocycles. The highest BCUT2D eigenvalue weighted by molar-refractivity contribution is 6.04. The van der Waals surface area contributed by atoms with Gasteiger partial charge >= 0.3 is 5.97 Å². The van der Waals surface area contributed by atoms with E-state index in [0.29, 0.717) is 10.9 Å². The molecule has 1 fully saturated rings. The van der Waals surface area contributed by atoms with Crippen LogP contribution in [-0.4, -0.2) is 32.1 Å². The number of aromatic amines is 1. The number of nitro groups is 1. The number of anilines is 1. The van der Waals surface area contributed by atoms with Gasteiger partial charge in [-0.05, 0) is 11.5 Å². The first-order valence-corrected chi connectivity index (χ1v) is 6.89. The van der Waals surface area contributed by atoms with Gasteiger partial charge < -0.3 is 10.4 Å².